The Morgan fingerprint density at radius 1 is 1.00 bits per heavy atom. The molecular formula is C22H21N5O2. The number of nitrogens with zero attached hydrogens (tertiary/aromatic N) is 5. The molecule has 0 amide bonds. The minimum absolute atomic E-state index is 0.186. The molecule has 3 heterocycles. The molecule has 0 atom stereocenters. The van der Waals surface area contributed by atoms with E-state index in [1.807, 2.05) is 10.6 Å². The van der Waals surface area contributed by atoms with Crippen molar-refractivity contribution in [3.8, 4) is 22.8 Å². The Bertz CT molecular complexity index is 1160. The number of benzene rings is 2. The van der Waals surface area contributed by atoms with Gasteiger partial charge in [0.05, 0.1) is 13.2 Å². The van der Waals surface area contributed by atoms with Crippen LogP contribution in [0.4, 0.5) is 5.82 Å². The van der Waals surface area contributed by atoms with E-state index in [1.165, 1.54) is 5.56 Å². The fourth-order valence-electron chi connectivity index (χ4n) is 3.55. The minimum atomic E-state index is 0.186. The number of aromatic hydroxyl groups is 1. The number of anilines is 1. The normalized spacial score (nSPS) is 14.4. The van der Waals surface area contributed by atoms with Crippen LogP contribution in [0.5, 0.6) is 5.75 Å². The van der Waals surface area contributed by atoms with E-state index in [-0.39, 0.29) is 5.75 Å². The van der Waals surface area contributed by atoms with Gasteiger partial charge in [-0.1, -0.05) is 29.8 Å². The Morgan fingerprint density at radius 3 is 2.55 bits per heavy atom. The summed E-state index contributed by atoms with van der Waals surface area (Å²) in [4.78, 5) is 16.5. The molecule has 1 aliphatic rings. The molecular weight excluding hydrogens is 366 g/mol. The van der Waals surface area contributed by atoms with E-state index < -0.39 is 0 Å². The maximum Gasteiger partial charge on any atom is 0.170 e. The van der Waals surface area contributed by atoms with E-state index in [0.717, 1.165) is 41.3 Å². The van der Waals surface area contributed by atoms with Crippen LogP contribution in [0.15, 0.2) is 54.9 Å². The van der Waals surface area contributed by atoms with Gasteiger partial charge in [0.15, 0.2) is 22.8 Å². The van der Waals surface area contributed by atoms with Crippen LogP contribution in [0.1, 0.15) is 5.56 Å². The molecule has 0 spiro atoms. The Morgan fingerprint density at radius 2 is 1.79 bits per heavy atom. The highest BCUT2D eigenvalue weighted by molar-refractivity contribution is 5.87. The van der Waals surface area contributed by atoms with Crippen molar-refractivity contribution < 1.29 is 9.84 Å². The summed E-state index contributed by atoms with van der Waals surface area (Å²) in [6.07, 6.45) is 1.79. The standard InChI is InChI=1S/C22H21N5O2/c1-15-5-7-17(8-6-15)27-14-23-19-21(26-9-11-29-12-10-26)24-20(25-22(19)27)16-3-2-4-18(28)13-16/h2-8,13-14,28H,9-12H2,1H3. The summed E-state index contributed by atoms with van der Waals surface area (Å²) in [5.41, 5.74) is 4.45. The first-order valence-electron chi connectivity index (χ1n) is 9.63. The Kier molecular flexibility index (Phi) is 4.37. The monoisotopic (exact) mass is 387 g/mol. The average Bonchev–Trinajstić information content (AvgIpc) is 3.18. The largest absolute Gasteiger partial charge is 0.508 e. The molecule has 146 valence electrons. The van der Waals surface area contributed by atoms with Crippen LogP contribution in [-0.2, 0) is 4.74 Å². The Hall–Kier alpha value is -3.45. The molecule has 1 N–H and O–H groups in total. The van der Waals surface area contributed by atoms with Gasteiger partial charge in [0.2, 0.25) is 0 Å². The topological polar surface area (TPSA) is 76.3 Å². The lowest BCUT2D eigenvalue weighted by molar-refractivity contribution is 0.122. The minimum Gasteiger partial charge on any atom is -0.508 e. The third-order valence-corrected chi connectivity index (χ3v) is 5.10. The summed E-state index contributed by atoms with van der Waals surface area (Å²) >= 11 is 0. The first-order chi connectivity index (χ1) is 14.2. The molecule has 1 aliphatic heterocycles. The predicted octanol–water partition coefficient (Wildman–Crippen LogP) is 3.33. The molecule has 29 heavy (non-hydrogen) atoms. The van der Waals surface area contributed by atoms with E-state index >= 15 is 0 Å². The summed E-state index contributed by atoms with van der Waals surface area (Å²) in [6.45, 7) is 4.89. The number of phenols is 1. The maximum atomic E-state index is 9.92. The fraction of sp³-hybridized carbons (Fsp3) is 0.227. The fourth-order valence-corrected chi connectivity index (χ4v) is 3.55. The van der Waals surface area contributed by atoms with Crippen molar-refractivity contribution in [2.24, 2.45) is 0 Å². The van der Waals surface area contributed by atoms with Crippen LogP contribution in [0.2, 0.25) is 0 Å². The van der Waals surface area contributed by atoms with Crippen molar-refractivity contribution in [3.63, 3.8) is 0 Å². The second-order valence-corrected chi connectivity index (χ2v) is 7.14. The predicted molar refractivity (Wildman–Crippen MR) is 112 cm³/mol. The van der Waals surface area contributed by atoms with Crippen LogP contribution < -0.4 is 4.90 Å². The van der Waals surface area contributed by atoms with E-state index in [1.54, 1.807) is 24.5 Å². The zero-order chi connectivity index (χ0) is 19.8. The van der Waals surface area contributed by atoms with Gasteiger partial charge >= 0.3 is 0 Å². The number of ether oxygens (including phenoxy) is 1. The highest BCUT2D eigenvalue weighted by atomic mass is 16.5. The van der Waals surface area contributed by atoms with Gasteiger partial charge in [-0.25, -0.2) is 15.0 Å². The van der Waals surface area contributed by atoms with Gasteiger partial charge in [-0.3, -0.25) is 4.57 Å². The number of aromatic nitrogens is 4. The van der Waals surface area contributed by atoms with Gasteiger partial charge in [-0.15, -0.1) is 0 Å². The molecule has 1 saturated heterocycles. The molecule has 7 nitrogen and oxygen atoms in total. The number of phenolic OH excluding ortho intramolecular Hbond substituents is 1. The summed E-state index contributed by atoms with van der Waals surface area (Å²) in [7, 11) is 0. The second-order valence-electron chi connectivity index (χ2n) is 7.14. The lowest BCUT2D eigenvalue weighted by Gasteiger charge is -2.28. The SMILES string of the molecule is Cc1ccc(-n2cnc3c(N4CCOCC4)nc(-c4cccc(O)c4)nc32)cc1. The molecule has 2 aromatic carbocycles. The number of rotatable bonds is 3. The van der Waals surface area contributed by atoms with E-state index in [9.17, 15) is 5.11 Å². The maximum absolute atomic E-state index is 9.92. The van der Waals surface area contributed by atoms with Crippen molar-refractivity contribution in [2.45, 2.75) is 6.92 Å². The molecule has 0 bridgehead atoms. The number of aryl methyl sites for hydroxylation is 1. The first kappa shape index (κ1) is 17.6. The average molecular weight is 387 g/mol. The molecule has 2 aromatic heterocycles. The summed E-state index contributed by atoms with van der Waals surface area (Å²) in [5, 5.41) is 9.92. The van der Waals surface area contributed by atoms with E-state index in [0.29, 0.717) is 19.0 Å². The highest BCUT2D eigenvalue weighted by Gasteiger charge is 2.21. The zero-order valence-corrected chi connectivity index (χ0v) is 16.1. The summed E-state index contributed by atoms with van der Waals surface area (Å²) in [6, 6.07) is 15.3. The van der Waals surface area contributed by atoms with Gasteiger partial charge in [0.25, 0.3) is 0 Å². The third kappa shape index (κ3) is 3.30. The van der Waals surface area contributed by atoms with Crippen molar-refractivity contribution in [1.29, 1.82) is 0 Å². The van der Waals surface area contributed by atoms with Gasteiger partial charge < -0.3 is 14.7 Å². The van der Waals surface area contributed by atoms with Gasteiger partial charge in [0.1, 0.15) is 12.1 Å². The van der Waals surface area contributed by atoms with Crippen LogP contribution >= 0.6 is 0 Å². The molecule has 7 heteroatoms. The molecule has 4 aromatic rings. The van der Waals surface area contributed by atoms with Crippen LogP contribution in [0, 0.1) is 6.92 Å². The zero-order valence-electron chi connectivity index (χ0n) is 16.1. The summed E-state index contributed by atoms with van der Waals surface area (Å²) in [5.74, 6) is 1.54. The Labute approximate surface area is 168 Å². The number of morpholine rings is 1. The van der Waals surface area contributed by atoms with E-state index in [2.05, 4.69) is 41.1 Å². The van der Waals surface area contributed by atoms with Crippen molar-refractivity contribution in [1.82, 2.24) is 19.5 Å². The number of fused-ring (bicyclic) bond motifs is 1. The van der Waals surface area contributed by atoms with E-state index in [4.69, 9.17) is 14.7 Å². The van der Waals surface area contributed by atoms with Crippen LogP contribution in [0.25, 0.3) is 28.2 Å². The smallest absolute Gasteiger partial charge is 0.170 e. The van der Waals surface area contributed by atoms with Gasteiger partial charge in [-0.2, -0.15) is 0 Å². The number of imidazole rings is 1. The summed E-state index contributed by atoms with van der Waals surface area (Å²) < 4.78 is 7.48. The second kappa shape index (κ2) is 7.18. The molecule has 0 aliphatic carbocycles. The highest BCUT2D eigenvalue weighted by Crippen LogP contribution is 2.29. The third-order valence-electron chi connectivity index (χ3n) is 5.10. The molecule has 0 unspecified atom stereocenters. The molecule has 1 fully saturated rings. The molecule has 0 radical (unpaired) electrons. The quantitative estimate of drug-likeness (QED) is 0.581. The van der Waals surface area contributed by atoms with Gasteiger partial charge in [-0.05, 0) is 31.2 Å². The lowest BCUT2D eigenvalue weighted by Crippen LogP contribution is -2.37. The number of hydrogen-bond acceptors (Lipinski definition) is 6. The van der Waals surface area contributed by atoms with Crippen molar-refractivity contribution >= 4 is 17.0 Å². The van der Waals surface area contributed by atoms with Crippen LogP contribution in [0.3, 0.4) is 0 Å². The van der Waals surface area contributed by atoms with Crippen molar-refractivity contribution in [3.05, 3.63) is 60.4 Å². The lowest BCUT2D eigenvalue weighted by atomic mass is 10.2. The molecule has 0 saturated carbocycles. The van der Waals surface area contributed by atoms with Crippen LogP contribution in [-0.4, -0.2) is 50.9 Å². The molecule has 5 rings (SSSR count). The Balaban J connectivity index is 1.72. The van der Waals surface area contributed by atoms with Gasteiger partial charge in [0, 0.05) is 24.3 Å². The van der Waals surface area contributed by atoms with Crippen molar-refractivity contribution in [2.75, 3.05) is 31.2 Å². The number of hydrogen-bond donors (Lipinski definition) is 1. The first-order valence-corrected chi connectivity index (χ1v) is 9.63.